The van der Waals surface area contributed by atoms with Crippen molar-refractivity contribution in [2.45, 2.75) is 19.5 Å². The van der Waals surface area contributed by atoms with Crippen LogP contribution in [-0.4, -0.2) is 12.0 Å². The number of nitrogens with zero attached hydrogens (tertiary/aromatic N) is 2. The molecule has 2 aromatic heterocycles. The van der Waals surface area contributed by atoms with Crippen molar-refractivity contribution in [3.05, 3.63) is 44.7 Å². The van der Waals surface area contributed by atoms with E-state index < -0.39 is 0 Å². The third kappa shape index (κ3) is 3.10. The van der Waals surface area contributed by atoms with E-state index in [-0.39, 0.29) is 6.04 Å². The molecule has 0 fully saturated rings. The lowest BCUT2D eigenvalue weighted by molar-refractivity contribution is 0.790. The van der Waals surface area contributed by atoms with E-state index in [1.165, 1.54) is 4.88 Å². The number of hydrogen-bond donors (Lipinski definition) is 1. The summed E-state index contributed by atoms with van der Waals surface area (Å²) < 4.78 is 1.13. The molecule has 2 aromatic rings. The summed E-state index contributed by atoms with van der Waals surface area (Å²) in [6, 6.07) is 6.09. The molecule has 0 bridgehead atoms. The van der Waals surface area contributed by atoms with Gasteiger partial charge >= 0.3 is 0 Å². The normalized spacial score (nSPS) is 12.4. The van der Waals surface area contributed by atoms with Crippen molar-refractivity contribution < 1.29 is 0 Å². The maximum atomic E-state index is 5.98. The molecule has 18 heavy (non-hydrogen) atoms. The first-order chi connectivity index (χ1) is 8.58. The molecular formula is C13H16BrN3S. The number of aromatic nitrogens is 1. The van der Waals surface area contributed by atoms with Crippen LogP contribution in [0.25, 0.3) is 0 Å². The molecule has 0 saturated carbocycles. The van der Waals surface area contributed by atoms with Gasteiger partial charge in [0.1, 0.15) is 5.82 Å². The van der Waals surface area contributed by atoms with Crippen LogP contribution in [-0.2, 0) is 6.54 Å². The zero-order valence-electron chi connectivity index (χ0n) is 10.4. The summed E-state index contributed by atoms with van der Waals surface area (Å²) in [5.74, 6) is 0.956. The predicted octanol–water partition coefficient (Wildman–Crippen LogP) is 3.56. The molecule has 2 N–H and O–H groups in total. The summed E-state index contributed by atoms with van der Waals surface area (Å²) >= 11 is 5.21. The van der Waals surface area contributed by atoms with Crippen LogP contribution in [0.3, 0.4) is 0 Å². The Hall–Kier alpha value is -0.910. The minimum atomic E-state index is -0.00813. The zero-order chi connectivity index (χ0) is 13.1. The maximum absolute atomic E-state index is 5.98. The molecule has 1 atom stereocenters. The molecule has 0 aliphatic heterocycles. The molecule has 5 heteroatoms. The molecule has 3 nitrogen and oxygen atoms in total. The number of rotatable bonds is 4. The van der Waals surface area contributed by atoms with Gasteiger partial charge in [-0.15, -0.1) is 11.3 Å². The molecule has 0 amide bonds. The van der Waals surface area contributed by atoms with Crippen molar-refractivity contribution >= 4 is 33.1 Å². The van der Waals surface area contributed by atoms with Gasteiger partial charge in [-0.3, -0.25) is 0 Å². The highest BCUT2D eigenvalue weighted by molar-refractivity contribution is 9.10. The van der Waals surface area contributed by atoms with Gasteiger partial charge in [0, 0.05) is 39.6 Å². The smallest absolute Gasteiger partial charge is 0.133 e. The molecule has 0 saturated heterocycles. The summed E-state index contributed by atoms with van der Waals surface area (Å²) in [5, 5.41) is 2.09. The van der Waals surface area contributed by atoms with Crippen molar-refractivity contribution in [1.29, 1.82) is 0 Å². The van der Waals surface area contributed by atoms with E-state index in [1.807, 2.05) is 32.3 Å². The van der Waals surface area contributed by atoms with Gasteiger partial charge in [0.2, 0.25) is 0 Å². The van der Waals surface area contributed by atoms with Crippen molar-refractivity contribution in [2.24, 2.45) is 5.73 Å². The van der Waals surface area contributed by atoms with Gasteiger partial charge in [-0.1, -0.05) is 6.07 Å². The van der Waals surface area contributed by atoms with E-state index in [1.54, 1.807) is 11.3 Å². The number of halogens is 1. The standard InChI is InChI=1S/C13H16BrN3S/c1-9(15)12-4-3-5-16-13(12)17(2)7-11-6-10(14)8-18-11/h3-6,8-9H,7,15H2,1-2H3/t9-/m0/s1. The summed E-state index contributed by atoms with van der Waals surface area (Å²) in [4.78, 5) is 7.87. The van der Waals surface area contributed by atoms with E-state index in [2.05, 4.69) is 37.3 Å². The first-order valence-electron chi connectivity index (χ1n) is 5.72. The number of nitrogens with two attached hydrogens (primary N) is 1. The third-order valence-electron chi connectivity index (χ3n) is 2.68. The minimum absolute atomic E-state index is 0.00813. The number of thiophene rings is 1. The van der Waals surface area contributed by atoms with Gasteiger partial charge in [-0.25, -0.2) is 4.98 Å². The highest BCUT2D eigenvalue weighted by atomic mass is 79.9. The molecule has 0 aromatic carbocycles. The fourth-order valence-electron chi connectivity index (χ4n) is 1.83. The molecular weight excluding hydrogens is 310 g/mol. The Kier molecular flexibility index (Phi) is 4.37. The highest BCUT2D eigenvalue weighted by Crippen LogP contribution is 2.25. The lowest BCUT2D eigenvalue weighted by Crippen LogP contribution is -2.21. The molecule has 2 rings (SSSR count). The average molecular weight is 326 g/mol. The zero-order valence-corrected chi connectivity index (χ0v) is 12.8. The van der Waals surface area contributed by atoms with Crippen molar-refractivity contribution in [1.82, 2.24) is 4.98 Å². The van der Waals surface area contributed by atoms with E-state index in [0.717, 1.165) is 22.4 Å². The first-order valence-corrected chi connectivity index (χ1v) is 7.39. The van der Waals surface area contributed by atoms with Gasteiger partial charge in [0.25, 0.3) is 0 Å². The van der Waals surface area contributed by atoms with Crippen LogP contribution in [0.1, 0.15) is 23.4 Å². The lowest BCUT2D eigenvalue weighted by atomic mass is 10.1. The molecule has 0 unspecified atom stereocenters. The number of pyridine rings is 1. The minimum Gasteiger partial charge on any atom is -0.354 e. The summed E-state index contributed by atoms with van der Waals surface area (Å²) in [6.45, 7) is 2.82. The topological polar surface area (TPSA) is 42.1 Å². The molecule has 0 spiro atoms. The maximum Gasteiger partial charge on any atom is 0.133 e. The van der Waals surface area contributed by atoms with Crippen LogP contribution in [0.15, 0.2) is 34.2 Å². The summed E-state index contributed by atoms with van der Waals surface area (Å²) in [6.07, 6.45) is 1.81. The van der Waals surface area contributed by atoms with Gasteiger partial charge < -0.3 is 10.6 Å². The summed E-state index contributed by atoms with van der Waals surface area (Å²) in [5.41, 5.74) is 7.06. The van der Waals surface area contributed by atoms with Gasteiger partial charge in [0.15, 0.2) is 0 Å². The fourth-order valence-corrected chi connectivity index (χ4v) is 3.33. The highest BCUT2D eigenvalue weighted by Gasteiger charge is 2.12. The van der Waals surface area contributed by atoms with E-state index in [0.29, 0.717) is 0 Å². The van der Waals surface area contributed by atoms with Crippen molar-refractivity contribution in [3.8, 4) is 0 Å². The monoisotopic (exact) mass is 325 g/mol. The number of hydrogen-bond acceptors (Lipinski definition) is 4. The first kappa shape index (κ1) is 13.5. The average Bonchev–Trinajstić information content (AvgIpc) is 2.74. The molecule has 0 aliphatic rings. The molecule has 96 valence electrons. The van der Waals surface area contributed by atoms with Crippen molar-refractivity contribution in [2.75, 3.05) is 11.9 Å². The largest absolute Gasteiger partial charge is 0.354 e. The third-order valence-corrected chi connectivity index (χ3v) is 4.37. The molecule has 0 aliphatic carbocycles. The summed E-state index contributed by atoms with van der Waals surface area (Å²) in [7, 11) is 2.04. The molecule has 0 radical (unpaired) electrons. The van der Waals surface area contributed by atoms with Crippen LogP contribution in [0.2, 0.25) is 0 Å². The SMILES string of the molecule is C[C@H](N)c1cccnc1N(C)Cc1cc(Br)cs1. The van der Waals surface area contributed by atoms with Gasteiger partial charge in [0.05, 0.1) is 6.54 Å². The Labute approximate surface area is 120 Å². The lowest BCUT2D eigenvalue weighted by Gasteiger charge is -2.21. The van der Waals surface area contributed by atoms with Crippen LogP contribution in [0.4, 0.5) is 5.82 Å². The van der Waals surface area contributed by atoms with Crippen LogP contribution < -0.4 is 10.6 Å². The Morgan fingerprint density at radius 1 is 1.56 bits per heavy atom. The Morgan fingerprint density at radius 3 is 2.94 bits per heavy atom. The Morgan fingerprint density at radius 2 is 2.33 bits per heavy atom. The second-order valence-electron chi connectivity index (χ2n) is 4.29. The van der Waals surface area contributed by atoms with Crippen LogP contribution in [0.5, 0.6) is 0 Å². The predicted molar refractivity (Wildman–Crippen MR) is 81.0 cm³/mol. The second kappa shape index (κ2) is 5.82. The fraction of sp³-hybridized carbons (Fsp3) is 0.308. The van der Waals surface area contributed by atoms with Gasteiger partial charge in [-0.2, -0.15) is 0 Å². The molecule has 2 heterocycles. The van der Waals surface area contributed by atoms with Gasteiger partial charge in [-0.05, 0) is 35.0 Å². The van der Waals surface area contributed by atoms with Crippen LogP contribution in [0, 0.1) is 0 Å². The quantitative estimate of drug-likeness (QED) is 0.934. The Balaban J connectivity index is 2.20. The van der Waals surface area contributed by atoms with Crippen molar-refractivity contribution in [3.63, 3.8) is 0 Å². The van der Waals surface area contributed by atoms with E-state index in [4.69, 9.17) is 5.73 Å². The number of anilines is 1. The second-order valence-corrected chi connectivity index (χ2v) is 6.20. The Bertz CT molecular complexity index is 524. The van der Waals surface area contributed by atoms with E-state index in [9.17, 15) is 0 Å². The van der Waals surface area contributed by atoms with E-state index >= 15 is 0 Å². The van der Waals surface area contributed by atoms with Crippen LogP contribution >= 0.6 is 27.3 Å².